The van der Waals surface area contributed by atoms with Gasteiger partial charge in [0, 0.05) is 0 Å². The standard InChI is InChI=1S/C16H18ClNO3/c1-9-7-11(12(16(20)21)8-10(9)2)15(19)18-14-6-4-3-5-13(14)17/h3-6,11-12H,7-8H2,1-2H3,(H,18,19)(H,20,21)/t11-,12+/m0/s1. The van der Waals surface area contributed by atoms with E-state index in [-0.39, 0.29) is 5.91 Å². The van der Waals surface area contributed by atoms with Crippen LogP contribution in [0.1, 0.15) is 26.7 Å². The lowest BCUT2D eigenvalue weighted by atomic mass is 9.76. The molecule has 0 aliphatic heterocycles. The molecule has 1 amide bonds. The Morgan fingerprint density at radius 2 is 1.71 bits per heavy atom. The predicted octanol–water partition coefficient (Wildman–Crippen LogP) is 3.73. The topological polar surface area (TPSA) is 66.4 Å². The van der Waals surface area contributed by atoms with E-state index in [0.717, 1.165) is 11.1 Å². The molecule has 0 fully saturated rings. The summed E-state index contributed by atoms with van der Waals surface area (Å²) in [7, 11) is 0. The molecule has 1 aromatic carbocycles. The second kappa shape index (κ2) is 6.31. The molecule has 0 spiro atoms. The molecule has 1 aliphatic carbocycles. The first kappa shape index (κ1) is 15.6. The molecular formula is C16H18ClNO3. The van der Waals surface area contributed by atoms with Crippen molar-refractivity contribution in [1.82, 2.24) is 0 Å². The number of carbonyl (C=O) groups excluding carboxylic acids is 1. The van der Waals surface area contributed by atoms with Gasteiger partial charge in [0.05, 0.1) is 22.5 Å². The molecule has 2 rings (SSSR count). The van der Waals surface area contributed by atoms with Crippen LogP contribution in [0, 0.1) is 11.8 Å². The Labute approximate surface area is 128 Å². The molecule has 0 radical (unpaired) electrons. The number of carboxylic acid groups (broad SMARTS) is 1. The van der Waals surface area contributed by atoms with Gasteiger partial charge in [-0.2, -0.15) is 0 Å². The van der Waals surface area contributed by atoms with Gasteiger partial charge >= 0.3 is 5.97 Å². The zero-order valence-electron chi connectivity index (χ0n) is 12.0. The van der Waals surface area contributed by atoms with Gasteiger partial charge in [-0.25, -0.2) is 0 Å². The van der Waals surface area contributed by atoms with Gasteiger partial charge in [0.15, 0.2) is 0 Å². The van der Waals surface area contributed by atoms with Crippen LogP contribution < -0.4 is 5.32 Å². The molecule has 2 atom stereocenters. The van der Waals surface area contributed by atoms with Gasteiger partial charge in [-0.3, -0.25) is 9.59 Å². The molecule has 4 nitrogen and oxygen atoms in total. The monoisotopic (exact) mass is 307 g/mol. The summed E-state index contributed by atoms with van der Waals surface area (Å²) in [6.45, 7) is 3.87. The van der Waals surface area contributed by atoms with E-state index in [1.54, 1.807) is 24.3 Å². The van der Waals surface area contributed by atoms with Crippen LogP contribution in [0.15, 0.2) is 35.4 Å². The normalized spacial score (nSPS) is 22.0. The molecule has 1 aromatic rings. The number of nitrogens with one attached hydrogen (secondary N) is 1. The third-order valence-electron chi connectivity index (χ3n) is 4.05. The number of para-hydroxylation sites is 1. The Balaban J connectivity index is 2.21. The molecule has 1 aliphatic rings. The number of carbonyl (C=O) groups is 2. The van der Waals surface area contributed by atoms with Gasteiger partial charge < -0.3 is 10.4 Å². The van der Waals surface area contributed by atoms with Crippen LogP contribution in [0.2, 0.25) is 5.02 Å². The van der Waals surface area contributed by atoms with Crippen LogP contribution in [0.3, 0.4) is 0 Å². The smallest absolute Gasteiger partial charge is 0.307 e. The Morgan fingerprint density at radius 1 is 1.14 bits per heavy atom. The third kappa shape index (κ3) is 3.45. The number of halogens is 1. The fourth-order valence-electron chi connectivity index (χ4n) is 2.62. The van der Waals surface area contributed by atoms with E-state index in [9.17, 15) is 14.7 Å². The molecule has 0 heterocycles. The Hall–Kier alpha value is -1.81. The molecule has 112 valence electrons. The van der Waals surface area contributed by atoms with Crippen LogP contribution in [-0.4, -0.2) is 17.0 Å². The Kier molecular flexibility index (Phi) is 4.68. The lowest BCUT2D eigenvalue weighted by Gasteiger charge is -2.29. The minimum absolute atomic E-state index is 0.289. The molecule has 0 aromatic heterocycles. The Bertz CT molecular complexity index is 609. The molecule has 2 N–H and O–H groups in total. The van der Waals surface area contributed by atoms with E-state index in [0.29, 0.717) is 23.6 Å². The van der Waals surface area contributed by atoms with Gasteiger partial charge in [0.2, 0.25) is 5.91 Å². The van der Waals surface area contributed by atoms with Gasteiger partial charge in [0.1, 0.15) is 0 Å². The zero-order valence-corrected chi connectivity index (χ0v) is 12.8. The summed E-state index contributed by atoms with van der Waals surface area (Å²) < 4.78 is 0. The average Bonchev–Trinajstić information content (AvgIpc) is 2.43. The van der Waals surface area contributed by atoms with Crippen LogP contribution in [0.5, 0.6) is 0 Å². The number of hydrogen-bond acceptors (Lipinski definition) is 2. The maximum atomic E-state index is 12.4. The fourth-order valence-corrected chi connectivity index (χ4v) is 2.80. The summed E-state index contributed by atoms with van der Waals surface area (Å²) in [5, 5.41) is 12.5. The quantitative estimate of drug-likeness (QED) is 0.836. The summed E-state index contributed by atoms with van der Waals surface area (Å²) in [6.07, 6.45) is 0.890. The van der Waals surface area contributed by atoms with E-state index in [1.807, 2.05) is 13.8 Å². The highest BCUT2D eigenvalue weighted by atomic mass is 35.5. The van der Waals surface area contributed by atoms with Crippen molar-refractivity contribution in [3.63, 3.8) is 0 Å². The van der Waals surface area contributed by atoms with Crippen molar-refractivity contribution in [1.29, 1.82) is 0 Å². The number of amides is 1. The first-order valence-electron chi connectivity index (χ1n) is 6.83. The Morgan fingerprint density at radius 3 is 2.29 bits per heavy atom. The lowest BCUT2D eigenvalue weighted by molar-refractivity contribution is -0.146. The van der Waals surface area contributed by atoms with Gasteiger partial charge in [-0.1, -0.05) is 34.9 Å². The van der Waals surface area contributed by atoms with Crippen LogP contribution in [-0.2, 0) is 9.59 Å². The molecule has 0 saturated carbocycles. The van der Waals surface area contributed by atoms with Crippen molar-refractivity contribution in [2.45, 2.75) is 26.7 Å². The predicted molar refractivity (Wildman–Crippen MR) is 82.3 cm³/mol. The maximum absolute atomic E-state index is 12.4. The van der Waals surface area contributed by atoms with Crippen LogP contribution in [0.25, 0.3) is 0 Å². The second-order valence-electron chi connectivity index (χ2n) is 5.49. The maximum Gasteiger partial charge on any atom is 0.307 e. The third-order valence-corrected chi connectivity index (χ3v) is 4.38. The minimum atomic E-state index is -0.929. The zero-order chi connectivity index (χ0) is 15.6. The molecule has 0 bridgehead atoms. The highest BCUT2D eigenvalue weighted by Gasteiger charge is 2.37. The second-order valence-corrected chi connectivity index (χ2v) is 5.90. The highest BCUT2D eigenvalue weighted by Crippen LogP contribution is 2.35. The molecular weight excluding hydrogens is 290 g/mol. The largest absolute Gasteiger partial charge is 0.481 e. The number of hydrogen-bond donors (Lipinski definition) is 2. The van der Waals surface area contributed by atoms with Crippen molar-refractivity contribution in [2.75, 3.05) is 5.32 Å². The van der Waals surface area contributed by atoms with Gasteiger partial charge in [0.25, 0.3) is 0 Å². The number of anilines is 1. The van der Waals surface area contributed by atoms with E-state index in [2.05, 4.69) is 5.32 Å². The SMILES string of the molecule is CC1=C(C)C[C@@H](C(=O)O)[C@@H](C(=O)Nc2ccccc2Cl)C1. The fraction of sp³-hybridized carbons (Fsp3) is 0.375. The van der Waals surface area contributed by atoms with E-state index in [4.69, 9.17) is 11.6 Å². The van der Waals surface area contributed by atoms with Crippen molar-refractivity contribution in [2.24, 2.45) is 11.8 Å². The number of allylic oxidation sites excluding steroid dienone is 2. The highest BCUT2D eigenvalue weighted by molar-refractivity contribution is 6.33. The molecule has 21 heavy (non-hydrogen) atoms. The van der Waals surface area contributed by atoms with Crippen molar-refractivity contribution < 1.29 is 14.7 Å². The number of benzene rings is 1. The minimum Gasteiger partial charge on any atom is -0.481 e. The van der Waals surface area contributed by atoms with Crippen molar-refractivity contribution in [3.8, 4) is 0 Å². The number of carboxylic acids is 1. The summed E-state index contributed by atoms with van der Waals surface area (Å²) >= 11 is 6.02. The van der Waals surface area contributed by atoms with Crippen molar-refractivity contribution in [3.05, 3.63) is 40.4 Å². The average molecular weight is 308 g/mol. The van der Waals surface area contributed by atoms with E-state index in [1.165, 1.54) is 0 Å². The lowest BCUT2D eigenvalue weighted by Crippen LogP contribution is -2.36. The summed E-state index contributed by atoms with van der Waals surface area (Å²) in [4.78, 5) is 23.8. The first-order chi connectivity index (χ1) is 9.90. The number of rotatable bonds is 3. The summed E-state index contributed by atoms with van der Waals surface area (Å²) in [6, 6.07) is 6.93. The number of aliphatic carboxylic acids is 1. The summed E-state index contributed by atoms with van der Waals surface area (Å²) in [5.41, 5.74) is 2.66. The molecule has 0 unspecified atom stereocenters. The van der Waals surface area contributed by atoms with Gasteiger partial charge in [-0.05, 0) is 38.8 Å². The van der Waals surface area contributed by atoms with E-state index >= 15 is 0 Å². The van der Waals surface area contributed by atoms with Crippen LogP contribution >= 0.6 is 11.6 Å². The molecule has 5 heteroatoms. The first-order valence-corrected chi connectivity index (χ1v) is 7.21. The van der Waals surface area contributed by atoms with Crippen molar-refractivity contribution >= 4 is 29.2 Å². The van der Waals surface area contributed by atoms with Gasteiger partial charge in [-0.15, -0.1) is 0 Å². The molecule has 0 saturated heterocycles. The van der Waals surface area contributed by atoms with Crippen LogP contribution in [0.4, 0.5) is 5.69 Å². The van der Waals surface area contributed by atoms with E-state index < -0.39 is 17.8 Å². The summed E-state index contributed by atoms with van der Waals surface area (Å²) in [5.74, 6) is -2.47.